The van der Waals surface area contributed by atoms with Crippen LogP contribution >= 0.6 is 22.7 Å². The van der Waals surface area contributed by atoms with Crippen molar-refractivity contribution in [1.29, 1.82) is 0 Å². The number of aromatic nitrogens is 2. The van der Waals surface area contributed by atoms with Crippen LogP contribution in [-0.2, 0) is 12.8 Å². The monoisotopic (exact) mass is 317 g/mol. The molecule has 0 radical (unpaired) electrons. The predicted molar refractivity (Wildman–Crippen MR) is 82.0 cm³/mol. The number of hydrogen-bond acceptors (Lipinski definition) is 6. The molecular weight excluding hydrogens is 306 g/mol. The molecule has 21 heavy (non-hydrogen) atoms. The summed E-state index contributed by atoms with van der Waals surface area (Å²) in [5.74, 6) is 0.478. The Morgan fingerprint density at radius 2 is 2.29 bits per heavy atom. The summed E-state index contributed by atoms with van der Waals surface area (Å²) in [7, 11) is 0. The van der Waals surface area contributed by atoms with Crippen molar-refractivity contribution in [3.8, 4) is 11.3 Å². The maximum atomic E-state index is 12.3. The first-order valence-corrected chi connectivity index (χ1v) is 8.27. The van der Waals surface area contributed by atoms with Gasteiger partial charge < -0.3 is 4.52 Å². The van der Waals surface area contributed by atoms with Crippen molar-refractivity contribution in [3.63, 3.8) is 0 Å². The summed E-state index contributed by atoms with van der Waals surface area (Å²) in [6, 6.07) is 2.02. The van der Waals surface area contributed by atoms with Gasteiger partial charge in [0.2, 0.25) is 0 Å². The highest BCUT2D eigenvalue weighted by atomic mass is 32.1. The van der Waals surface area contributed by atoms with E-state index >= 15 is 0 Å². The zero-order chi connectivity index (χ0) is 14.4. The van der Waals surface area contributed by atoms with Gasteiger partial charge in [0.1, 0.15) is 0 Å². The van der Waals surface area contributed by atoms with E-state index in [0.717, 1.165) is 35.4 Å². The fourth-order valence-electron chi connectivity index (χ4n) is 2.47. The van der Waals surface area contributed by atoms with Gasteiger partial charge in [-0.1, -0.05) is 5.16 Å². The van der Waals surface area contributed by atoms with E-state index in [9.17, 15) is 4.79 Å². The van der Waals surface area contributed by atoms with E-state index in [0.29, 0.717) is 10.8 Å². The van der Waals surface area contributed by atoms with Crippen LogP contribution in [-0.4, -0.2) is 16.0 Å². The van der Waals surface area contributed by atoms with E-state index in [2.05, 4.69) is 15.5 Å². The molecule has 0 unspecified atom stereocenters. The Morgan fingerprint density at radius 1 is 1.38 bits per heavy atom. The number of nitrogens with zero attached hydrogens (tertiary/aromatic N) is 2. The Balaban J connectivity index is 1.67. The van der Waals surface area contributed by atoms with Crippen molar-refractivity contribution in [3.05, 3.63) is 38.7 Å². The lowest BCUT2D eigenvalue weighted by Crippen LogP contribution is -2.15. The molecule has 3 aromatic heterocycles. The summed E-state index contributed by atoms with van der Waals surface area (Å²) in [6.45, 7) is 1.89. The molecular formula is C14H11N3O2S2. The lowest BCUT2D eigenvalue weighted by molar-refractivity contribution is 0.101. The van der Waals surface area contributed by atoms with Crippen LogP contribution in [0.25, 0.3) is 11.3 Å². The van der Waals surface area contributed by atoms with Crippen LogP contribution in [0.3, 0.4) is 0 Å². The third kappa shape index (κ3) is 2.09. The van der Waals surface area contributed by atoms with Crippen molar-refractivity contribution in [2.24, 2.45) is 0 Å². The smallest absolute Gasteiger partial charge is 0.279 e. The van der Waals surface area contributed by atoms with Crippen LogP contribution in [0.5, 0.6) is 0 Å². The van der Waals surface area contributed by atoms with E-state index in [4.69, 9.17) is 4.52 Å². The van der Waals surface area contributed by atoms with Crippen LogP contribution in [0, 0.1) is 6.92 Å². The van der Waals surface area contributed by atoms with Crippen LogP contribution in [0.15, 0.2) is 21.3 Å². The number of thiophene rings is 1. The summed E-state index contributed by atoms with van der Waals surface area (Å²) in [4.78, 5) is 17.9. The molecule has 0 aliphatic heterocycles. The maximum absolute atomic E-state index is 12.3. The summed E-state index contributed by atoms with van der Waals surface area (Å²) in [5, 5.41) is 11.3. The lowest BCUT2D eigenvalue weighted by atomic mass is 9.95. The van der Waals surface area contributed by atoms with E-state index < -0.39 is 0 Å². The fourth-order valence-corrected chi connectivity index (χ4v) is 4.03. The van der Waals surface area contributed by atoms with Gasteiger partial charge in [-0.3, -0.25) is 10.1 Å². The van der Waals surface area contributed by atoms with E-state index in [1.165, 1.54) is 16.2 Å². The molecule has 0 saturated carbocycles. The topological polar surface area (TPSA) is 68.0 Å². The second-order valence-electron chi connectivity index (χ2n) is 4.84. The molecule has 0 atom stereocenters. The standard InChI is InChI=1S/C14H11N3O2S2/c1-7-6-21-14(15-7)16-13(18)11-9-2-3-10-8(4-5-20-10)12(9)19-17-11/h4-6H,2-3H2,1H3,(H,15,16,18). The summed E-state index contributed by atoms with van der Waals surface area (Å²) < 4.78 is 5.41. The molecule has 3 heterocycles. The highest BCUT2D eigenvalue weighted by Gasteiger charge is 2.28. The van der Waals surface area contributed by atoms with Crippen LogP contribution in [0.2, 0.25) is 0 Å². The average Bonchev–Trinajstić information content (AvgIpc) is 3.15. The molecule has 0 spiro atoms. The number of carbonyl (C=O) groups is 1. The first-order valence-electron chi connectivity index (χ1n) is 6.51. The molecule has 4 rings (SSSR count). The van der Waals surface area contributed by atoms with E-state index in [-0.39, 0.29) is 5.91 Å². The molecule has 5 nitrogen and oxygen atoms in total. The van der Waals surface area contributed by atoms with Crippen molar-refractivity contribution in [2.45, 2.75) is 19.8 Å². The summed E-state index contributed by atoms with van der Waals surface area (Å²) in [6.07, 6.45) is 1.71. The van der Waals surface area contributed by atoms with Crippen LogP contribution in [0.4, 0.5) is 5.13 Å². The van der Waals surface area contributed by atoms with Gasteiger partial charge in [-0.05, 0) is 31.2 Å². The first kappa shape index (κ1) is 12.7. The zero-order valence-electron chi connectivity index (χ0n) is 11.2. The average molecular weight is 317 g/mol. The van der Waals surface area contributed by atoms with Crippen molar-refractivity contribution in [1.82, 2.24) is 10.1 Å². The quantitative estimate of drug-likeness (QED) is 0.785. The van der Waals surface area contributed by atoms with Gasteiger partial charge in [0.05, 0.1) is 5.69 Å². The molecule has 106 valence electrons. The van der Waals surface area contributed by atoms with Gasteiger partial charge >= 0.3 is 0 Å². The highest BCUT2D eigenvalue weighted by molar-refractivity contribution is 7.14. The van der Waals surface area contributed by atoms with Gasteiger partial charge in [-0.2, -0.15) is 0 Å². The summed E-state index contributed by atoms with van der Waals surface area (Å²) in [5.41, 5.74) is 3.22. The molecule has 1 N–H and O–H groups in total. The molecule has 0 fully saturated rings. The maximum Gasteiger partial charge on any atom is 0.279 e. The van der Waals surface area contributed by atoms with Crippen molar-refractivity contribution < 1.29 is 9.32 Å². The molecule has 7 heteroatoms. The van der Waals surface area contributed by atoms with Crippen molar-refractivity contribution in [2.75, 3.05) is 5.32 Å². The van der Waals surface area contributed by atoms with Gasteiger partial charge in [0, 0.05) is 21.4 Å². The predicted octanol–water partition coefficient (Wildman–Crippen LogP) is 3.52. The number of carbonyl (C=O) groups excluding carboxylic acids is 1. The van der Waals surface area contributed by atoms with Gasteiger partial charge in [0.25, 0.3) is 5.91 Å². The van der Waals surface area contributed by atoms with Crippen LogP contribution < -0.4 is 5.32 Å². The molecule has 3 aromatic rings. The fraction of sp³-hybridized carbons (Fsp3) is 0.214. The number of amides is 1. The minimum absolute atomic E-state index is 0.256. The minimum atomic E-state index is -0.256. The molecule has 0 aromatic carbocycles. The number of aryl methyl sites for hydroxylation is 2. The molecule has 0 bridgehead atoms. The molecule has 1 amide bonds. The summed E-state index contributed by atoms with van der Waals surface area (Å²) >= 11 is 3.12. The van der Waals surface area contributed by atoms with E-state index in [1.807, 2.05) is 23.8 Å². The van der Waals surface area contributed by atoms with Crippen LogP contribution in [0.1, 0.15) is 26.6 Å². The normalized spacial score (nSPS) is 12.8. The Labute approximate surface area is 128 Å². The second-order valence-corrected chi connectivity index (χ2v) is 6.70. The number of rotatable bonds is 2. The number of nitrogens with one attached hydrogen (secondary N) is 1. The van der Waals surface area contributed by atoms with Crippen molar-refractivity contribution >= 4 is 33.7 Å². The zero-order valence-corrected chi connectivity index (χ0v) is 12.8. The minimum Gasteiger partial charge on any atom is -0.355 e. The Morgan fingerprint density at radius 3 is 3.10 bits per heavy atom. The number of fused-ring (bicyclic) bond motifs is 3. The Kier molecular flexibility index (Phi) is 2.90. The number of anilines is 1. The SMILES string of the molecule is Cc1csc(NC(=O)c2noc3c2CCc2sccc2-3)n1. The van der Waals surface area contributed by atoms with Gasteiger partial charge in [-0.25, -0.2) is 4.98 Å². The molecule has 1 aliphatic carbocycles. The largest absolute Gasteiger partial charge is 0.355 e. The van der Waals surface area contributed by atoms with Gasteiger partial charge in [0.15, 0.2) is 16.6 Å². The Bertz CT molecular complexity index is 831. The van der Waals surface area contributed by atoms with E-state index in [1.54, 1.807) is 11.3 Å². The first-order chi connectivity index (χ1) is 10.2. The number of hydrogen-bond donors (Lipinski definition) is 1. The molecule has 0 saturated heterocycles. The third-order valence-electron chi connectivity index (χ3n) is 3.43. The molecule has 1 aliphatic rings. The van der Waals surface area contributed by atoms with Gasteiger partial charge in [-0.15, -0.1) is 22.7 Å². The Hall–Kier alpha value is -1.99. The lowest BCUT2D eigenvalue weighted by Gasteiger charge is -2.10. The second kappa shape index (κ2) is 4.78. The highest BCUT2D eigenvalue weighted by Crippen LogP contribution is 2.38. The number of thiazole rings is 1. The third-order valence-corrected chi connectivity index (χ3v) is 5.29.